The summed E-state index contributed by atoms with van der Waals surface area (Å²) >= 11 is 0. The van der Waals surface area contributed by atoms with E-state index in [-0.39, 0.29) is 11.6 Å². The highest BCUT2D eigenvalue weighted by molar-refractivity contribution is 5.73. The molecule has 0 spiro atoms. The first-order valence-electron chi connectivity index (χ1n) is 6.99. The van der Waals surface area contributed by atoms with Crippen molar-refractivity contribution >= 4 is 5.91 Å². The van der Waals surface area contributed by atoms with E-state index in [9.17, 15) is 9.59 Å². The number of carbonyl (C=O) groups is 1. The van der Waals surface area contributed by atoms with Crippen LogP contribution in [0.4, 0.5) is 0 Å². The first-order chi connectivity index (χ1) is 10.5. The molecule has 1 atom stereocenters. The SMILES string of the molecule is CCOc1ccccc1-c1nnc(C(C)NC(C)=O)c(=O)[nH]1. The fourth-order valence-corrected chi connectivity index (χ4v) is 2.07. The molecule has 1 unspecified atom stereocenters. The molecule has 1 aromatic heterocycles. The molecular formula is C15H18N4O3. The number of aromatic nitrogens is 3. The molecule has 116 valence electrons. The van der Waals surface area contributed by atoms with Crippen molar-refractivity contribution in [1.82, 2.24) is 20.5 Å². The van der Waals surface area contributed by atoms with Gasteiger partial charge in [0.15, 0.2) is 11.5 Å². The smallest absolute Gasteiger partial charge is 0.275 e. The molecule has 0 aliphatic carbocycles. The predicted molar refractivity (Wildman–Crippen MR) is 81.5 cm³/mol. The number of ether oxygens (including phenoxy) is 1. The minimum absolute atomic E-state index is 0.160. The lowest BCUT2D eigenvalue weighted by molar-refractivity contribution is -0.119. The van der Waals surface area contributed by atoms with Gasteiger partial charge in [0.25, 0.3) is 5.56 Å². The molecule has 0 aliphatic rings. The number of benzene rings is 1. The molecule has 0 radical (unpaired) electrons. The van der Waals surface area contributed by atoms with Crippen LogP contribution >= 0.6 is 0 Å². The maximum absolute atomic E-state index is 12.2. The van der Waals surface area contributed by atoms with Crippen LogP contribution in [0.5, 0.6) is 5.75 Å². The van der Waals surface area contributed by atoms with Gasteiger partial charge in [0.1, 0.15) is 5.75 Å². The highest BCUT2D eigenvalue weighted by Gasteiger charge is 2.16. The van der Waals surface area contributed by atoms with Gasteiger partial charge in [0.2, 0.25) is 5.91 Å². The summed E-state index contributed by atoms with van der Waals surface area (Å²) in [5.41, 5.74) is 0.429. The Morgan fingerprint density at radius 2 is 2.09 bits per heavy atom. The first kappa shape index (κ1) is 15.7. The Kier molecular flexibility index (Phi) is 4.88. The van der Waals surface area contributed by atoms with Crippen LogP contribution in [-0.2, 0) is 4.79 Å². The normalized spacial score (nSPS) is 11.8. The Bertz CT molecular complexity index is 727. The first-order valence-corrected chi connectivity index (χ1v) is 6.99. The fraction of sp³-hybridized carbons (Fsp3) is 0.333. The molecule has 2 N–H and O–H groups in total. The Morgan fingerprint density at radius 1 is 1.36 bits per heavy atom. The summed E-state index contributed by atoms with van der Waals surface area (Å²) in [6.45, 7) is 5.44. The molecule has 0 aliphatic heterocycles. The number of nitrogens with zero attached hydrogens (tertiary/aromatic N) is 2. The predicted octanol–water partition coefficient (Wildman–Crippen LogP) is 1.43. The zero-order chi connectivity index (χ0) is 16.1. The van der Waals surface area contributed by atoms with Crippen LogP contribution in [0, 0.1) is 0 Å². The molecule has 0 fully saturated rings. The van der Waals surface area contributed by atoms with Crippen molar-refractivity contribution < 1.29 is 9.53 Å². The van der Waals surface area contributed by atoms with Crippen molar-refractivity contribution in [3.8, 4) is 17.1 Å². The molecule has 22 heavy (non-hydrogen) atoms. The summed E-state index contributed by atoms with van der Waals surface area (Å²) in [5.74, 6) is 0.713. The molecule has 2 rings (SSSR count). The van der Waals surface area contributed by atoms with Gasteiger partial charge >= 0.3 is 0 Å². The molecule has 7 heteroatoms. The highest BCUT2D eigenvalue weighted by atomic mass is 16.5. The molecule has 0 saturated carbocycles. The van der Waals surface area contributed by atoms with Gasteiger partial charge in [-0.25, -0.2) is 0 Å². The molecular weight excluding hydrogens is 284 g/mol. The van der Waals surface area contributed by atoms with Crippen LogP contribution in [0.25, 0.3) is 11.4 Å². The molecule has 0 saturated heterocycles. The van der Waals surface area contributed by atoms with Gasteiger partial charge in [-0.05, 0) is 26.0 Å². The lowest BCUT2D eigenvalue weighted by Crippen LogP contribution is -2.30. The van der Waals surface area contributed by atoms with Crippen LogP contribution < -0.4 is 15.6 Å². The molecule has 2 aromatic rings. The largest absolute Gasteiger partial charge is 0.493 e. The molecule has 1 aromatic carbocycles. The van der Waals surface area contributed by atoms with Gasteiger partial charge in [-0.2, -0.15) is 0 Å². The zero-order valence-electron chi connectivity index (χ0n) is 12.7. The summed E-state index contributed by atoms with van der Waals surface area (Å²) < 4.78 is 5.51. The number of rotatable bonds is 5. The fourth-order valence-electron chi connectivity index (χ4n) is 2.07. The second kappa shape index (κ2) is 6.84. The van der Waals surface area contributed by atoms with Gasteiger partial charge in [0.05, 0.1) is 18.2 Å². The van der Waals surface area contributed by atoms with Crippen LogP contribution in [0.2, 0.25) is 0 Å². The maximum atomic E-state index is 12.2. The standard InChI is InChI=1S/C15H18N4O3/c1-4-22-12-8-6-5-7-11(12)14-17-15(21)13(18-19-14)9(2)16-10(3)20/h5-9H,4H2,1-3H3,(H,16,20)(H,17,19,21). The average molecular weight is 302 g/mol. The number of hydrogen-bond acceptors (Lipinski definition) is 5. The van der Waals surface area contributed by atoms with Gasteiger partial charge in [-0.1, -0.05) is 12.1 Å². The number of hydrogen-bond donors (Lipinski definition) is 2. The number of aromatic amines is 1. The Hall–Kier alpha value is -2.70. The minimum atomic E-state index is -0.509. The van der Waals surface area contributed by atoms with E-state index >= 15 is 0 Å². The maximum Gasteiger partial charge on any atom is 0.275 e. The topological polar surface area (TPSA) is 97.0 Å². The third-order valence-electron chi connectivity index (χ3n) is 2.99. The second-order valence-electron chi connectivity index (χ2n) is 4.74. The lowest BCUT2D eigenvalue weighted by atomic mass is 10.2. The van der Waals surface area contributed by atoms with Gasteiger partial charge in [0, 0.05) is 6.92 Å². The Balaban J connectivity index is 2.38. The third-order valence-corrected chi connectivity index (χ3v) is 2.99. The van der Waals surface area contributed by atoms with Crippen LogP contribution in [0.1, 0.15) is 32.5 Å². The van der Waals surface area contributed by atoms with Crippen LogP contribution in [-0.4, -0.2) is 27.7 Å². The number of para-hydroxylation sites is 1. The van der Waals surface area contributed by atoms with Crippen LogP contribution in [0.3, 0.4) is 0 Å². The summed E-state index contributed by atoms with van der Waals surface area (Å²) in [6.07, 6.45) is 0. The summed E-state index contributed by atoms with van der Waals surface area (Å²) in [5, 5.41) is 10.6. The van der Waals surface area contributed by atoms with Crippen molar-refractivity contribution in [1.29, 1.82) is 0 Å². The van der Waals surface area contributed by atoms with E-state index in [1.165, 1.54) is 6.92 Å². The summed E-state index contributed by atoms with van der Waals surface area (Å²) in [6, 6.07) is 6.75. The highest BCUT2D eigenvalue weighted by Crippen LogP contribution is 2.26. The van der Waals surface area contributed by atoms with E-state index in [2.05, 4.69) is 20.5 Å². The average Bonchev–Trinajstić information content (AvgIpc) is 2.47. The van der Waals surface area contributed by atoms with Crippen LogP contribution in [0.15, 0.2) is 29.1 Å². The summed E-state index contributed by atoms with van der Waals surface area (Å²) in [7, 11) is 0. The molecule has 1 amide bonds. The van der Waals surface area contributed by atoms with Crippen molar-refractivity contribution in [2.75, 3.05) is 6.61 Å². The quantitative estimate of drug-likeness (QED) is 0.870. The van der Waals surface area contributed by atoms with E-state index in [1.807, 2.05) is 19.1 Å². The minimum Gasteiger partial charge on any atom is -0.493 e. The number of nitrogens with one attached hydrogen (secondary N) is 2. The number of amides is 1. The lowest BCUT2D eigenvalue weighted by Gasteiger charge is -2.12. The van der Waals surface area contributed by atoms with Crippen molar-refractivity contribution in [3.63, 3.8) is 0 Å². The molecule has 0 bridgehead atoms. The van der Waals surface area contributed by atoms with Crippen molar-refractivity contribution in [2.24, 2.45) is 0 Å². The molecule has 1 heterocycles. The number of carbonyl (C=O) groups excluding carboxylic acids is 1. The Morgan fingerprint density at radius 3 is 2.73 bits per heavy atom. The van der Waals surface area contributed by atoms with Crippen molar-refractivity contribution in [2.45, 2.75) is 26.8 Å². The van der Waals surface area contributed by atoms with Gasteiger partial charge in [-0.3, -0.25) is 9.59 Å². The zero-order valence-corrected chi connectivity index (χ0v) is 12.7. The third kappa shape index (κ3) is 3.49. The van der Waals surface area contributed by atoms with E-state index in [0.29, 0.717) is 23.7 Å². The summed E-state index contributed by atoms with van der Waals surface area (Å²) in [4.78, 5) is 25.9. The van der Waals surface area contributed by atoms with E-state index < -0.39 is 11.6 Å². The number of H-pyrrole nitrogens is 1. The van der Waals surface area contributed by atoms with Crippen molar-refractivity contribution in [3.05, 3.63) is 40.3 Å². The van der Waals surface area contributed by atoms with Gasteiger partial charge < -0.3 is 15.0 Å². The monoisotopic (exact) mass is 302 g/mol. The van der Waals surface area contributed by atoms with E-state index in [0.717, 1.165) is 0 Å². The van der Waals surface area contributed by atoms with Gasteiger partial charge in [-0.15, -0.1) is 10.2 Å². The van der Waals surface area contributed by atoms with E-state index in [1.54, 1.807) is 19.1 Å². The molecule has 7 nitrogen and oxygen atoms in total. The second-order valence-corrected chi connectivity index (χ2v) is 4.74. The van der Waals surface area contributed by atoms with E-state index in [4.69, 9.17) is 4.74 Å². The Labute approximate surface area is 127 Å².